The summed E-state index contributed by atoms with van der Waals surface area (Å²) in [6.07, 6.45) is -4.50. The molecule has 2 heterocycles. The number of anilines is 1. The number of sulfonamides is 1. The number of hydrogen-bond donors (Lipinski definition) is 1. The number of thiazole rings is 1. The van der Waals surface area contributed by atoms with E-state index >= 15 is 0 Å². The number of nitrogens with one attached hydrogen (secondary N) is 1. The van der Waals surface area contributed by atoms with Gasteiger partial charge in [0.1, 0.15) is 0 Å². The van der Waals surface area contributed by atoms with Gasteiger partial charge in [-0.15, -0.1) is 0 Å². The number of carbonyl (C=O) groups excluding carboxylic acids is 1. The van der Waals surface area contributed by atoms with Crippen molar-refractivity contribution in [3.8, 4) is 0 Å². The van der Waals surface area contributed by atoms with Gasteiger partial charge in [-0.25, -0.2) is 8.42 Å². The van der Waals surface area contributed by atoms with Crippen LogP contribution in [0.25, 0.3) is 10.2 Å². The molecule has 1 amide bonds. The van der Waals surface area contributed by atoms with Gasteiger partial charge in [0, 0.05) is 31.7 Å². The zero-order valence-electron chi connectivity index (χ0n) is 17.7. The minimum Gasteiger partial charge on any atom is -0.378 e. The van der Waals surface area contributed by atoms with Crippen LogP contribution in [0.2, 0.25) is 0 Å². The number of benzene rings is 2. The van der Waals surface area contributed by atoms with E-state index in [4.69, 9.17) is 4.74 Å². The van der Waals surface area contributed by atoms with Gasteiger partial charge in [-0.05, 0) is 36.4 Å². The van der Waals surface area contributed by atoms with Crippen molar-refractivity contribution in [3.63, 3.8) is 0 Å². The molecule has 0 unspecified atom stereocenters. The average molecular weight is 516 g/mol. The van der Waals surface area contributed by atoms with Crippen LogP contribution in [0.1, 0.15) is 12.0 Å². The SMILES string of the molecule is O=C(CCn1c(=O)sc2cc(S(=O)(=O)Nc3cccc(C(F)(F)F)c3)ccc21)N1CCOCC1. The lowest BCUT2D eigenvalue weighted by Crippen LogP contribution is -2.41. The number of aromatic nitrogens is 1. The number of aryl methyl sites for hydroxylation is 1. The van der Waals surface area contributed by atoms with Gasteiger partial charge in [-0.3, -0.25) is 18.9 Å². The quantitative estimate of drug-likeness (QED) is 0.544. The van der Waals surface area contributed by atoms with E-state index in [1.165, 1.54) is 28.8 Å². The minimum atomic E-state index is -4.61. The number of hydrogen-bond acceptors (Lipinski definition) is 6. The van der Waals surface area contributed by atoms with Crippen LogP contribution in [0, 0.1) is 0 Å². The minimum absolute atomic E-state index is 0.0981. The Morgan fingerprint density at radius 2 is 1.85 bits per heavy atom. The predicted molar refractivity (Wildman–Crippen MR) is 120 cm³/mol. The van der Waals surface area contributed by atoms with Crippen LogP contribution in [0.4, 0.5) is 18.9 Å². The van der Waals surface area contributed by atoms with Crippen molar-refractivity contribution < 1.29 is 31.1 Å². The lowest BCUT2D eigenvalue weighted by Gasteiger charge is -2.26. The number of fused-ring (bicyclic) bond motifs is 1. The third kappa shape index (κ3) is 5.26. The van der Waals surface area contributed by atoms with E-state index in [-0.39, 0.29) is 34.3 Å². The molecule has 1 aliphatic heterocycles. The highest BCUT2D eigenvalue weighted by Crippen LogP contribution is 2.31. The lowest BCUT2D eigenvalue weighted by molar-refractivity contribution is -0.137. The standard InChI is InChI=1S/C21H20F3N3O5S2/c22-21(23,24)14-2-1-3-15(12-14)25-34(30,31)16-4-5-17-18(13-16)33-20(29)27(17)7-6-19(28)26-8-10-32-11-9-26/h1-5,12-13,25H,6-11H2. The first kappa shape index (κ1) is 24.2. The normalized spacial score (nSPS) is 15.0. The molecule has 0 spiro atoms. The summed E-state index contributed by atoms with van der Waals surface area (Å²) >= 11 is 0.830. The molecule has 3 aromatic rings. The number of rotatable bonds is 6. The molecule has 0 bridgehead atoms. The van der Waals surface area contributed by atoms with Gasteiger partial charge in [0.15, 0.2) is 0 Å². The molecule has 13 heteroatoms. The largest absolute Gasteiger partial charge is 0.416 e. The van der Waals surface area contributed by atoms with Crippen LogP contribution < -0.4 is 9.60 Å². The summed E-state index contributed by atoms with van der Waals surface area (Å²) in [6, 6.07) is 7.87. The third-order valence-electron chi connectivity index (χ3n) is 5.31. The topological polar surface area (TPSA) is 97.7 Å². The molecule has 0 atom stereocenters. The molecule has 1 aliphatic rings. The Hall–Kier alpha value is -2.90. The Morgan fingerprint density at radius 3 is 2.56 bits per heavy atom. The second-order valence-corrected chi connectivity index (χ2v) is 10.3. The van der Waals surface area contributed by atoms with Crippen molar-refractivity contribution in [2.75, 3.05) is 31.0 Å². The van der Waals surface area contributed by atoms with E-state index in [2.05, 4.69) is 4.72 Å². The second-order valence-electron chi connectivity index (χ2n) is 7.58. The van der Waals surface area contributed by atoms with Gasteiger partial charge >= 0.3 is 11.0 Å². The van der Waals surface area contributed by atoms with Crippen LogP contribution in [0.3, 0.4) is 0 Å². The van der Waals surface area contributed by atoms with Crippen molar-refractivity contribution in [1.82, 2.24) is 9.47 Å². The number of halogens is 3. The Morgan fingerprint density at radius 1 is 1.12 bits per heavy atom. The van der Waals surface area contributed by atoms with Crippen molar-refractivity contribution >= 4 is 43.2 Å². The summed E-state index contributed by atoms with van der Waals surface area (Å²) in [5.74, 6) is -0.0981. The Balaban J connectivity index is 1.53. The molecule has 4 rings (SSSR count). The van der Waals surface area contributed by atoms with E-state index < -0.39 is 21.8 Å². The van der Waals surface area contributed by atoms with Crippen molar-refractivity contribution in [3.05, 3.63) is 57.7 Å². The number of carbonyl (C=O) groups is 1. The first-order valence-corrected chi connectivity index (χ1v) is 12.5. The molecule has 8 nitrogen and oxygen atoms in total. The van der Waals surface area contributed by atoms with E-state index in [0.717, 1.165) is 23.5 Å². The summed E-state index contributed by atoms with van der Waals surface area (Å²) in [4.78, 5) is 26.0. The third-order valence-corrected chi connectivity index (χ3v) is 7.63. The number of amides is 1. The number of alkyl halides is 3. The van der Waals surface area contributed by atoms with E-state index in [1.54, 1.807) is 4.90 Å². The fourth-order valence-corrected chi connectivity index (χ4v) is 5.68. The summed E-state index contributed by atoms with van der Waals surface area (Å²) < 4.78 is 73.4. The molecule has 0 aliphatic carbocycles. The van der Waals surface area contributed by atoms with Crippen LogP contribution in [-0.2, 0) is 32.3 Å². The Kier molecular flexibility index (Phi) is 6.69. The Bertz CT molecular complexity index is 1380. The maximum absolute atomic E-state index is 12.9. The molecule has 0 saturated carbocycles. The zero-order chi connectivity index (χ0) is 24.5. The van der Waals surface area contributed by atoms with Crippen LogP contribution in [-0.4, -0.2) is 50.1 Å². The molecule has 1 aromatic heterocycles. The van der Waals surface area contributed by atoms with Gasteiger partial charge in [0.25, 0.3) is 10.0 Å². The second kappa shape index (κ2) is 9.39. The summed E-state index contributed by atoms with van der Waals surface area (Å²) in [6.45, 7) is 2.08. The maximum atomic E-state index is 12.9. The van der Waals surface area contributed by atoms with Gasteiger partial charge < -0.3 is 9.64 Å². The summed E-state index contributed by atoms with van der Waals surface area (Å²) in [5, 5.41) is 0. The first-order valence-electron chi connectivity index (χ1n) is 10.2. The van der Waals surface area contributed by atoms with Crippen LogP contribution in [0.15, 0.2) is 52.2 Å². The predicted octanol–water partition coefficient (Wildman–Crippen LogP) is 3.13. The van der Waals surface area contributed by atoms with Crippen LogP contribution in [0.5, 0.6) is 0 Å². The molecule has 1 fully saturated rings. The molecule has 34 heavy (non-hydrogen) atoms. The molecule has 1 saturated heterocycles. The molecule has 182 valence electrons. The van der Waals surface area contributed by atoms with Crippen LogP contribution >= 0.6 is 11.3 Å². The zero-order valence-corrected chi connectivity index (χ0v) is 19.3. The average Bonchev–Trinajstić information content (AvgIpc) is 3.11. The Labute approximate surface area is 196 Å². The molecule has 0 radical (unpaired) electrons. The molecule has 2 aromatic carbocycles. The van der Waals surface area contributed by atoms with E-state index in [9.17, 15) is 31.2 Å². The van der Waals surface area contributed by atoms with Gasteiger partial charge in [0.05, 0.1) is 33.9 Å². The van der Waals surface area contributed by atoms with Crippen molar-refractivity contribution in [2.24, 2.45) is 0 Å². The highest BCUT2D eigenvalue weighted by molar-refractivity contribution is 7.92. The van der Waals surface area contributed by atoms with Gasteiger partial charge in [-0.1, -0.05) is 17.4 Å². The van der Waals surface area contributed by atoms with Gasteiger partial charge in [-0.2, -0.15) is 13.2 Å². The van der Waals surface area contributed by atoms with Gasteiger partial charge in [0.2, 0.25) is 5.91 Å². The first-order chi connectivity index (χ1) is 16.0. The summed E-state index contributed by atoms with van der Waals surface area (Å²) in [7, 11) is -4.21. The van der Waals surface area contributed by atoms with Crippen molar-refractivity contribution in [2.45, 2.75) is 24.0 Å². The maximum Gasteiger partial charge on any atom is 0.416 e. The molecular formula is C21H20F3N3O5S2. The monoisotopic (exact) mass is 515 g/mol. The number of ether oxygens (including phenoxy) is 1. The highest BCUT2D eigenvalue weighted by Gasteiger charge is 2.31. The van der Waals surface area contributed by atoms with E-state index in [0.29, 0.717) is 42.6 Å². The molecule has 1 N–H and O–H groups in total. The number of morpholine rings is 1. The smallest absolute Gasteiger partial charge is 0.378 e. The lowest BCUT2D eigenvalue weighted by atomic mass is 10.2. The molecular weight excluding hydrogens is 495 g/mol. The van der Waals surface area contributed by atoms with E-state index in [1.807, 2.05) is 0 Å². The fraction of sp³-hybridized carbons (Fsp3) is 0.333. The van der Waals surface area contributed by atoms with Crippen molar-refractivity contribution in [1.29, 1.82) is 0 Å². The highest BCUT2D eigenvalue weighted by atomic mass is 32.2. The summed E-state index contributed by atoms with van der Waals surface area (Å²) in [5.41, 5.74) is -0.741. The number of nitrogens with zero attached hydrogens (tertiary/aromatic N) is 2. The fourth-order valence-electron chi connectivity index (χ4n) is 3.58.